The highest BCUT2D eigenvalue weighted by molar-refractivity contribution is 5.90. The summed E-state index contributed by atoms with van der Waals surface area (Å²) in [5, 5.41) is 10.5. The molecule has 0 aromatic carbocycles. The summed E-state index contributed by atoms with van der Waals surface area (Å²) in [6, 6.07) is 0. The highest BCUT2D eigenvalue weighted by atomic mass is 16.6. The van der Waals surface area contributed by atoms with Gasteiger partial charge in [-0.25, -0.2) is 4.79 Å². The number of hydrogen-bond acceptors (Lipinski definition) is 4. The van der Waals surface area contributed by atoms with Crippen LogP contribution in [0.1, 0.15) is 52.9 Å². The van der Waals surface area contributed by atoms with Crippen LogP contribution in [-0.2, 0) is 14.3 Å². The van der Waals surface area contributed by atoms with Gasteiger partial charge in [-0.3, -0.25) is 0 Å². The van der Waals surface area contributed by atoms with E-state index in [0.29, 0.717) is 24.0 Å². The Labute approximate surface area is 151 Å². The van der Waals surface area contributed by atoms with E-state index in [0.717, 1.165) is 32.1 Å². The third-order valence-electron chi connectivity index (χ3n) is 7.23. The number of ether oxygens (including phenoxy) is 2. The lowest BCUT2D eigenvalue weighted by molar-refractivity contribution is -0.136. The van der Waals surface area contributed by atoms with E-state index in [9.17, 15) is 9.90 Å². The predicted octanol–water partition coefficient (Wildman–Crippen LogP) is 3.64. The van der Waals surface area contributed by atoms with Gasteiger partial charge in [0.15, 0.2) is 0 Å². The second-order valence-electron chi connectivity index (χ2n) is 8.89. The van der Waals surface area contributed by atoms with Gasteiger partial charge >= 0.3 is 5.97 Å². The van der Waals surface area contributed by atoms with Gasteiger partial charge in [0.2, 0.25) is 0 Å². The molecule has 3 fully saturated rings. The Kier molecular flexibility index (Phi) is 4.89. The van der Waals surface area contributed by atoms with E-state index in [1.54, 1.807) is 0 Å². The third-order valence-corrected chi connectivity index (χ3v) is 7.23. The van der Waals surface area contributed by atoms with Crippen LogP contribution >= 0.6 is 0 Å². The average molecular weight is 348 g/mol. The number of carbonyl (C=O) groups excluding carboxylic acids is 1. The van der Waals surface area contributed by atoms with E-state index in [4.69, 9.17) is 9.47 Å². The Hall–Kier alpha value is -1.13. The minimum atomic E-state index is -0.287. The first-order valence-corrected chi connectivity index (χ1v) is 9.47. The summed E-state index contributed by atoms with van der Waals surface area (Å²) in [5.41, 5.74) is 1.96. The standard InChI is InChI=1S/C21H32O4/c1-13-6-9-17-20(2,3)18(22)10-11-21(17,4)15(13)8-7-14(16-12-25-16)19(23)24-5/h7,15-18,22H,1,6,8-12H2,2-5H3/b14-7+/t15-,16?,17-,18-,21+/m0/s1. The molecule has 5 atom stereocenters. The molecule has 4 nitrogen and oxygen atoms in total. The van der Waals surface area contributed by atoms with Gasteiger partial charge in [0.05, 0.1) is 25.4 Å². The average Bonchev–Trinajstić information content (AvgIpc) is 3.38. The van der Waals surface area contributed by atoms with Gasteiger partial charge in [0.25, 0.3) is 0 Å². The number of aliphatic hydroxyl groups excluding tert-OH is 1. The number of epoxide rings is 1. The van der Waals surface area contributed by atoms with Crippen molar-refractivity contribution >= 4 is 5.97 Å². The van der Waals surface area contributed by atoms with E-state index in [1.807, 2.05) is 6.08 Å². The smallest absolute Gasteiger partial charge is 0.336 e. The molecule has 140 valence electrons. The van der Waals surface area contributed by atoms with Crippen LogP contribution in [0.2, 0.25) is 0 Å². The Morgan fingerprint density at radius 3 is 2.68 bits per heavy atom. The molecule has 0 amide bonds. The second-order valence-corrected chi connectivity index (χ2v) is 8.89. The number of rotatable bonds is 4. The molecule has 0 aromatic heterocycles. The first-order valence-electron chi connectivity index (χ1n) is 9.47. The fourth-order valence-electron chi connectivity index (χ4n) is 5.54. The monoisotopic (exact) mass is 348 g/mol. The van der Waals surface area contributed by atoms with Crippen LogP contribution in [-0.4, -0.2) is 37.0 Å². The van der Waals surface area contributed by atoms with Crippen molar-refractivity contribution in [1.82, 2.24) is 0 Å². The number of hydrogen-bond donors (Lipinski definition) is 1. The van der Waals surface area contributed by atoms with Crippen molar-refractivity contribution in [3.63, 3.8) is 0 Å². The number of allylic oxidation sites excluding steroid dienone is 2. The van der Waals surface area contributed by atoms with Gasteiger partial charge in [-0.05, 0) is 54.8 Å². The molecule has 1 N–H and O–H groups in total. The van der Waals surface area contributed by atoms with E-state index in [-0.39, 0.29) is 29.0 Å². The largest absolute Gasteiger partial charge is 0.466 e. The summed E-state index contributed by atoms with van der Waals surface area (Å²) in [4.78, 5) is 12.0. The summed E-state index contributed by atoms with van der Waals surface area (Å²) in [6.07, 6.45) is 6.41. The zero-order valence-corrected chi connectivity index (χ0v) is 16.0. The molecular weight excluding hydrogens is 316 g/mol. The molecule has 3 aliphatic rings. The Balaban J connectivity index is 1.86. The molecule has 2 saturated carbocycles. The van der Waals surface area contributed by atoms with Crippen LogP contribution in [0.5, 0.6) is 0 Å². The van der Waals surface area contributed by atoms with Crippen LogP contribution in [0.3, 0.4) is 0 Å². The molecule has 4 heteroatoms. The van der Waals surface area contributed by atoms with E-state index >= 15 is 0 Å². The van der Waals surface area contributed by atoms with Gasteiger partial charge < -0.3 is 14.6 Å². The first-order chi connectivity index (χ1) is 11.7. The number of esters is 1. The van der Waals surface area contributed by atoms with E-state index in [2.05, 4.69) is 27.4 Å². The third kappa shape index (κ3) is 3.19. The lowest BCUT2D eigenvalue weighted by Gasteiger charge is -2.59. The van der Waals surface area contributed by atoms with Crippen molar-refractivity contribution in [2.45, 2.75) is 65.1 Å². The SMILES string of the molecule is C=C1CC[C@H]2C(C)(C)[C@@H](O)CC[C@]2(C)[C@H]1C/C=C(/C(=O)OC)C1CO1. The van der Waals surface area contributed by atoms with Crippen LogP contribution in [0.15, 0.2) is 23.8 Å². The molecule has 1 aliphatic heterocycles. The van der Waals surface area contributed by atoms with Crippen LogP contribution in [0.4, 0.5) is 0 Å². The lowest BCUT2D eigenvalue weighted by Crippen LogP contribution is -2.54. The van der Waals surface area contributed by atoms with Crippen molar-refractivity contribution in [1.29, 1.82) is 0 Å². The van der Waals surface area contributed by atoms with Gasteiger partial charge in [-0.1, -0.05) is 39.0 Å². The maximum absolute atomic E-state index is 12.0. The van der Waals surface area contributed by atoms with Gasteiger partial charge in [0.1, 0.15) is 6.10 Å². The molecule has 1 unspecified atom stereocenters. The van der Waals surface area contributed by atoms with Crippen LogP contribution in [0, 0.1) is 22.7 Å². The highest BCUT2D eigenvalue weighted by Gasteiger charge is 2.55. The maximum Gasteiger partial charge on any atom is 0.336 e. The minimum absolute atomic E-state index is 0.0829. The van der Waals surface area contributed by atoms with Crippen molar-refractivity contribution in [3.8, 4) is 0 Å². The number of fused-ring (bicyclic) bond motifs is 1. The molecule has 2 aliphatic carbocycles. The van der Waals surface area contributed by atoms with E-state index in [1.165, 1.54) is 12.7 Å². The molecular formula is C21H32O4. The molecule has 25 heavy (non-hydrogen) atoms. The van der Waals surface area contributed by atoms with Crippen molar-refractivity contribution in [3.05, 3.63) is 23.8 Å². The summed E-state index contributed by atoms with van der Waals surface area (Å²) in [5.74, 6) is 0.507. The maximum atomic E-state index is 12.0. The topological polar surface area (TPSA) is 59.1 Å². The molecule has 0 aromatic rings. The van der Waals surface area contributed by atoms with Crippen molar-refractivity contribution in [2.24, 2.45) is 22.7 Å². The molecule has 1 saturated heterocycles. The molecule has 0 radical (unpaired) electrons. The summed E-state index contributed by atoms with van der Waals surface area (Å²) in [7, 11) is 1.42. The summed E-state index contributed by atoms with van der Waals surface area (Å²) in [6.45, 7) is 11.7. The van der Waals surface area contributed by atoms with Gasteiger partial charge in [-0.2, -0.15) is 0 Å². The highest BCUT2D eigenvalue weighted by Crippen LogP contribution is 2.61. The fraction of sp³-hybridized carbons (Fsp3) is 0.762. The summed E-state index contributed by atoms with van der Waals surface area (Å²) < 4.78 is 10.2. The summed E-state index contributed by atoms with van der Waals surface area (Å²) >= 11 is 0. The van der Waals surface area contributed by atoms with E-state index < -0.39 is 0 Å². The quantitative estimate of drug-likeness (QED) is 0.365. The number of aliphatic hydroxyl groups is 1. The predicted molar refractivity (Wildman–Crippen MR) is 96.9 cm³/mol. The van der Waals surface area contributed by atoms with Gasteiger partial charge in [0, 0.05) is 0 Å². The van der Waals surface area contributed by atoms with Crippen molar-refractivity contribution in [2.75, 3.05) is 13.7 Å². The van der Waals surface area contributed by atoms with Crippen LogP contribution < -0.4 is 0 Å². The Bertz CT molecular complexity index is 587. The number of methoxy groups -OCH3 is 1. The Morgan fingerprint density at radius 2 is 2.08 bits per heavy atom. The lowest BCUT2D eigenvalue weighted by atomic mass is 9.46. The first kappa shape index (κ1) is 18.7. The van der Waals surface area contributed by atoms with Crippen LogP contribution in [0.25, 0.3) is 0 Å². The molecule has 3 rings (SSSR count). The molecule has 1 heterocycles. The zero-order valence-electron chi connectivity index (χ0n) is 16.0. The minimum Gasteiger partial charge on any atom is -0.466 e. The number of carbonyl (C=O) groups is 1. The normalized spacial score (nSPS) is 40.4. The zero-order chi connectivity index (χ0) is 18.4. The fourth-order valence-corrected chi connectivity index (χ4v) is 5.54. The van der Waals surface area contributed by atoms with Crippen molar-refractivity contribution < 1.29 is 19.4 Å². The van der Waals surface area contributed by atoms with Gasteiger partial charge in [-0.15, -0.1) is 0 Å². The second kappa shape index (κ2) is 6.55. The Morgan fingerprint density at radius 1 is 1.40 bits per heavy atom. The molecule has 0 spiro atoms. The molecule has 0 bridgehead atoms.